The van der Waals surface area contributed by atoms with Crippen molar-refractivity contribution in [3.63, 3.8) is 0 Å². The third kappa shape index (κ3) is 3.54. The Morgan fingerprint density at radius 1 is 1.14 bits per heavy atom. The summed E-state index contributed by atoms with van der Waals surface area (Å²) in [5.41, 5.74) is 7.10. The number of nitrogens with one attached hydrogen (secondary N) is 2. The van der Waals surface area contributed by atoms with Gasteiger partial charge >= 0.3 is 5.97 Å². The van der Waals surface area contributed by atoms with Gasteiger partial charge in [-0.25, -0.2) is 5.43 Å². The molecule has 0 amide bonds. The van der Waals surface area contributed by atoms with E-state index in [2.05, 4.69) is 10.9 Å². The molecule has 0 aromatic rings. The third-order valence-corrected chi connectivity index (χ3v) is 5.53. The fourth-order valence-electron chi connectivity index (χ4n) is 5.07. The number of hydrogen-bond acceptors (Lipinski definition) is 4. The van der Waals surface area contributed by atoms with Crippen LogP contribution in [-0.4, -0.2) is 24.2 Å². The Hall–Kier alpha value is -0.320. The van der Waals surface area contributed by atoms with Gasteiger partial charge in [0.15, 0.2) is 0 Å². The summed E-state index contributed by atoms with van der Waals surface area (Å²) in [6.45, 7) is 4.33. The maximum absolute atomic E-state index is 11.9. The monoisotopic (exact) mass is 316 g/mol. The first-order valence-corrected chi connectivity index (χ1v) is 8.33. The van der Waals surface area contributed by atoms with Crippen molar-refractivity contribution in [1.82, 2.24) is 10.9 Å². The molecule has 1 unspecified atom stereocenters. The molecule has 4 bridgehead atoms. The minimum Gasteiger partial charge on any atom is -0.465 e. The average molecular weight is 317 g/mol. The minimum atomic E-state index is -0.219. The molecule has 122 valence electrons. The van der Waals surface area contributed by atoms with Crippen LogP contribution in [0.2, 0.25) is 0 Å². The van der Waals surface area contributed by atoms with E-state index in [1.807, 2.05) is 13.8 Å². The van der Waals surface area contributed by atoms with Crippen molar-refractivity contribution in [3.8, 4) is 0 Å². The Balaban J connectivity index is 0.00000161. The van der Waals surface area contributed by atoms with Crippen molar-refractivity contribution in [1.29, 1.82) is 0 Å². The van der Waals surface area contributed by atoms with Crippen LogP contribution in [0.4, 0.5) is 0 Å². The molecule has 1 atom stereocenters. The Morgan fingerprint density at radius 2 is 1.67 bits per heavy atom. The van der Waals surface area contributed by atoms with Gasteiger partial charge in [0, 0.05) is 5.54 Å². The van der Waals surface area contributed by atoms with Crippen LogP contribution >= 0.6 is 12.4 Å². The summed E-state index contributed by atoms with van der Waals surface area (Å²) in [5, 5.41) is 0. The summed E-state index contributed by atoms with van der Waals surface area (Å²) in [4.78, 5) is 11.9. The van der Waals surface area contributed by atoms with E-state index in [1.165, 1.54) is 38.5 Å². The lowest BCUT2D eigenvalue weighted by atomic mass is 9.53. The van der Waals surface area contributed by atoms with Crippen LogP contribution in [0.1, 0.15) is 58.8 Å². The lowest BCUT2D eigenvalue weighted by Crippen LogP contribution is -2.64. The van der Waals surface area contributed by atoms with E-state index < -0.39 is 0 Å². The van der Waals surface area contributed by atoms with E-state index >= 15 is 0 Å². The second-order valence-electron chi connectivity index (χ2n) is 7.18. The van der Waals surface area contributed by atoms with E-state index in [9.17, 15) is 4.79 Å². The molecule has 0 aromatic heterocycles. The zero-order valence-corrected chi connectivity index (χ0v) is 14.0. The normalized spacial score (nSPS) is 37.9. The second kappa shape index (κ2) is 6.84. The highest BCUT2D eigenvalue weighted by Crippen LogP contribution is 2.55. The summed E-state index contributed by atoms with van der Waals surface area (Å²) in [7, 11) is 0. The molecule has 0 aliphatic heterocycles. The van der Waals surface area contributed by atoms with Crippen molar-refractivity contribution in [2.45, 2.75) is 70.4 Å². The fourth-order valence-corrected chi connectivity index (χ4v) is 5.07. The Kier molecular flexibility index (Phi) is 5.55. The van der Waals surface area contributed by atoms with Crippen LogP contribution in [0.3, 0.4) is 0 Å². The molecule has 4 aliphatic carbocycles. The van der Waals surface area contributed by atoms with E-state index in [0.717, 1.165) is 24.2 Å². The maximum Gasteiger partial charge on any atom is 0.324 e. The molecular weight excluding hydrogens is 288 g/mol. The van der Waals surface area contributed by atoms with Crippen LogP contribution in [0.5, 0.6) is 0 Å². The molecule has 4 rings (SSSR count). The quantitative estimate of drug-likeness (QED) is 0.584. The Morgan fingerprint density at radius 3 is 2.10 bits per heavy atom. The maximum atomic E-state index is 11.9. The summed E-state index contributed by atoms with van der Waals surface area (Å²) in [6.07, 6.45) is 8.93. The number of halogens is 1. The van der Waals surface area contributed by atoms with Crippen LogP contribution in [0.25, 0.3) is 0 Å². The van der Waals surface area contributed by atoms with Crippen molar-refractivity contribution < 1.29 is 9.53 Å². The standard InChI is InChI=1S/C16H28N2O2.ClH/c1-3-14(15(19)20-4-2)17-18-16-8-11-5-12(9-16)7-13(6-11)10-16;/h11-14,17-18H,3-10H2,1-2H3;1H. The molecule has 0 aromatic carbocycles. The van der Waals surface area contributed by atoms with Crippen molar-refractivity contribution >= 4 is 18.4 Å². The molecule has 21 heavy (non-hydrogen) atoms. The number of esters is 1. The molecule has 5 heteroatoms. The summed E-state index contributed by atoms with van der Waals surface area (Å²) >= 11 is 0. The molecular formula is C16H29ClN2O2. The Bertz CT molecular complexity index is 340. The first-order valence-electron chi connectivity index (χ1n) is 8.33. The van der Waals surface area contributed by atoms with Crippen LogP contribution in [0.15, 0.2) is 0 Å². The van der Waals surface area contributed by atoms with Gasteiger partial charge in [0.05, 0.1) is 6.61 Å². The SMILES string of the molecule is CCOC(=O)C(CC)NNC12CC3CC(CC(C3)C1)C2.Cl. The van der Waals surface area contributed by atoms with Gasteiger partial charge in [0.2, 0.25) is 0 Å². The predicted octanol–water partition coefficient (Wildman–Crippen LogP) is 2.81. The lowest BCUT2D eigenvalue weighted by Gasteiger charge is -2.57. The predicted molar refractivity (Wildman–Crippen MR) is 85.1 cm³/mol. The zero-order valence-electron chi connectivity index (χ0n) is 13.2. The summed E-state index contributed by atoms with van der Waals surface area (Å²) in [5.74, 6) is 2.61. The third-order valence-electron chi connectivity index (χ3n) is 5.53. The van der Waals surface area contributed by atoms with Gasteiger partial charge < -0.3 is 4.74 Å². The number of carbonyl (C=O) groups excluding carboxylic acids is 1. The molecule has 0 heterocycles. The van der Waals surface area contributed by atoms with E-state index in [1.54, 1.807) is 0 Å². The first-order chi connectivity index (χ1) is 9.64. The highest BCUT2D eigenvalue weighted by molar-refractivity contribution is 5.85. The molecule has 0 radical (unpaired) electrons. The van der Waals surface area contributed by atoms with Gasteiger partial charge in [-0.05, 0) is 69.6 Å². The van der Waals surface area contributed by atoms with E-state index in [0.29, 0.717) is 6.61 Å². The zero-order chi connectivity index (χ0) is 14.2. The van der Waals surface area contributed by atoms with Crippen LogP contribution in [0, 0.1) is 17.8 Å². The smallest absolute Gasteiger partial charge is 0.324 e. The largest absolute Gasteiger partial charge is 0.465 e. The number of ether oxygens (including phenoxy) is 1. The highest BCUT2D eigenvalue weighted by atomic mass is 35.5. The van der Waals surface area contributed by atoms with Crippen LogP contribution < -0.4 is 10.9 Å². The average Bonchev–Trinajstić information content (AvgIpc) is 2.38. The van der Waals surface area contributed by atoms with E-state index in [4.69, 9.17) is 4.74 Å². The molecule has 4 aliphatic rings. The topological polar surface area (TPSA) is 50.4 Å². The van der Waals surface area contributed by atoms with Crippen molar-refractivity contribution in [2.75, 3.05) is 6.61 Å². The lowest BCUT2D eigenvalue weighted by molar-refractivity contribution is -0.146. The van der Waals surface area contributed by atoms with Gasteiger partial charge in [-0.15, -0.1) is 12.4 Å². The van der Waals surface area contributed by atoms with Gasteiger partial charge in [0.1, 0.15) is 6.04 Å². The van der Waals surface area contributed by atoms with Crippen LogP contribution in [-0.2, 0) is 9.53 Å². The number of carbonyl (C=O) groups is 1. The fraction of sp³-hybridized carbons (Fsp3) is 0.938. The molecule has 4 fully saturated rings. The summed E-state index contributed by atoms with van der Waals surface area (Å²) in [6, 6.07) is -0.219. The first kappa shape index (κ1) is 17.0. The minimum absolute atomic E-state index is 0. The van der Waals surface area contributed by atoms with Crippen molar-refractivity contribution in [2.24, 2.45) is 17.8 Å². The Labute approximate surface area is 134 Å². The molecule has 2 N–H and O–H groups in total. The van der Waals surface area contributed by atoms with Gasteiger partial charge in [-0.1, -0.05) is 6.92 Å². The van der Waals surface area contributed by atoms with E-state index in [-0.39, 0.29) is 30.0 Å². The van der Waals surface area contributed by atoms with Gasteiger partial charge in [-0.2, -0.15) is 0 Å². The highest BCUT2D eigenvalue weighted by Gasteiger charge is 2.51. The second-order valence-corrected chi connectivity index (χ2v) is 7.18. The van der Waals surface area contributed by atoms with Crippen molar-refractivity contribution in [3.05, 3.63) is 0 Å². The molecule has 4 nitrogen and oxygen atoms in total. The van der Waals surface area contributed by atoms with Gasteiger partial charge in [0.25, 0.3) is 0 Å². The molecule has 4 saturated carbocycles. The molecule has 0 spiro atoms. The number of rotatable bonds is 6. The number of hydrogen-bond donors (Lipinski definition) is 2. The summed E-state index contributed by atoms with van der Waals surface area (Å²) < 4.78 is 5.12. The number of hydrazine groups is 1. The van der Waals surface area contributed by atoms with Gasteiger partial charge in [-0.3, -0.25) is 10.2 Å². The molecule has 0 saturated heterocycles.